The van der Waals surface area contributed by atoms with Gasteiger partial charge in [-0.25, -0.2) is 4.79 Å². The molecule has 0 aromatic carbocycles. The van der Waals surface area contributed by atoms with Gasteiger partial charge in [-0.15, -0.1) is 0 Å². The zero-order valence-corrected chi connectivity index (χ0v) is 8.72. The molecule has 0 radical (unpaired) electrons. The van der Waals surface area contributed by atoms with Crippen LogP contribution in [0, 0.1) is 0 Å². The average molecular weight is 248 g/mol. The Labute approximate surface area is 82.7 Å². The second-order valence-electron chi connectivity index (χ2n) is 2.61. The van der Waals surface area contributed by atoms with Crippen LogP contribution in [0.15, 0.2) is 14.1 Å². The Bertz CT molecular complexity index is 421. The van der Waals surface area contributed by atoms with Crippen molar-refractivity contribution in [1.29, 1.82) is 0 Å². The van der Waals surface area contributed by atoms with Gasteiger partial charge in [0.15, 0.2) is 0 Å². The third-order valence-corrected chi connectivity index (χ3v) is 2.37. The van der Waals surface area contributed by atoms with Crippen LogP contribution >= 0.6 is 15.9 Å². The Hall–Kier alpha value is -1.04. The van der Waals surface area contributed by atoms with Crippen molar-refractivity contribution in [3.8, 4) is 0 Å². The van der Waals surface area contributed by atoms with Crippen LogP contribution in [-0.2, 0) is 6.54 Å². The van der Waals surface area contributed by atoms with E-state index in [-0.39, 0.29) is 15.8 Å². The molecule has 5 nitrogen and oxygen atoms in total. The molecule has 0 aliphatic rings. The van der Waals surface area contributed by atoms with E-state index in [1.54, 1.807) is 0 Å². The zero-order chi connectivity index (χ0) is 10.0. The summed E-state index contributed by atoms with van der Waals surface area (Å²) in [4.78, 5) is 25.0. The minimum atomic E-state index is -0.465. The summed E-state index contributed by atoms with van der Waals surface area (Å²) in [6, 6.07) is 0. The van der Waals surface area contributed by atoms with Gasteiger partial charge in [0.2, 0.25) is 0 Å². The minimum absolute atomic E-state index is 0.0716. The lowest BCUT2D eigenvalue weighted by atomic mass is 10.4. The van der Waals surface area contributed by atoms with Gasteiger partial charge < -0.3 is 5.73 Å². The second-order valence-corrected chi connectivity index (χ2v) is 3.41. The summed E-state index contributed by atoms with van der Waals surface area (Å²) in [6.07, 6.45) is 0.722. The molecule has 0 saturated carbocycles. The van der Waals surface area contributed by atoms with Gasteiger partial charge in [-0.1, -0.05) is 6.92 Å². The lowest BCUT2D eigenvalue weighted by Crippen LogP contribution is -2.36. The molecule has 1 heterocycles. The fourth-order valence-corrected chi connectivity index (χ4v) is 1.30. The van der Waals surface area contributed by atoms with Crippen LogP contribution in [0.25, 0.3) is 0 Å². The Balaban J connectivity index is 3.45. The maximum absolute atomic E-state index is 11.4. The van der Waals surface area contributed by atoms with E-state index in [0.29, 0.717) is 6.54 Å². The predicted octanol–water partition coefficient (Wildman–Crippen LogP) is 0.291. The maximum Gasteiger partial charge on any atom is 0.329 e. The van der Waals surface area contributed by atoms with E-state index < -0.39 is 5.69 Å². The van der Waals surface area contributed by atoms with E-state index in [4.69, 9.17) is 5.73 Å². The quantitative estimate of drug-likeness (QED) is 0.789. The van der Waals surface area contributed by atoms with Crippen LogP contribution < -0.4 is 17.0 Å². The molecular weight excluding hydrogens is 238 g/mol. The van der Waals surface area contributed by atoms with Crippen molar-refractivity contribution in [1.82, 2.24) is 9.55 Å². The molecule has 72 valence electrons. The van der Waals surface area contributed by atoms with Gasteiger partial charge in [-0.3, -0.25) is 14.3 Å². The van der Waals surface area contributed by atoms with Crippen molar-refractivity contribution >= 4 is 21.7 Å². The first-order chi connectivity index (χ1) is 6.07. The molecule has 0 unspecified atom stereocenters. The number of nitrogens with zero attached hydrogens (tertiary/aromatic N) is 1. The number of anilines is 1. The number of nitrogens with one attached hydrogen (secondary N) is 1. The molecular formula is C7H10BrN3O2. The maximum atomic E-state index is 11.4. The standard InChI is InChI=1S/C7H10BrN3O2/c1-2-3-11-6(12)4(8)5(9)10-7(11)13/h2-3,9H2,1H3,(H,10,13). The fraction of sp³-hybridized carbons (Fsp3) is 0.429. The molecule has 0 fully saturated rings. The Morgan fingerprint density at radius 2 is 2.15 bits per heavy atom. The number of aromatic amines is 1. The summed E-state index contributed by atoms with van der Waals surface area (Å²) in [5.74, 6) is 0.0716. The van der Waals surface area contributed by atoms with Gasteiger partial charge in [-0.2, -0.15) is 0 Å². The SMILES string of the molecule is CCCn1c(=O)[nH]c(N)c(Br)c1=O. The number of hydrogen-bond acceptors (Lipinski definition) is 3. The smallest absolute Gasteiger partial charge is 0.329 e. The molecule has 6 heteroatoms. The molecule has 0 amide bonds. The topological polar surface area (TPSA) is 80.9 Å². The molecule has 1 aromatic rings. The Kier molecular flexibility index (Phi) is 2.92. The molecule has 13 heavy (non-hydrogen) atoms. The third kappa shape index (κ3) is 1.82. The summed E-state index contributed by atoms with van der Waals surface area (Å²) in [5.41, 5.74) is 4.52. The lowest BCUT2D eigenvalue weighted by Gasteiger charge is -2.03. The monoisotopic (exact) mass is 247 g/mol. The van der Waals surface area contributed by atoms with Crippen molar-refractivity contribution in [3.05, 3.63) is 25.3 Å². The molecule has 0 saturated heterocycles. The molecule has 0 aliphatic heterocycles. The van der Waals surface area contributed by atoms with Crippen LogP contribution in [0.5, 0.6) is 0 Å². The molecule has 0 aliphatic carbocycles. The molecule has 1 rings (SSSR count). The van der Waals surface area contributed by atoms with Crippen LogP contribution in [0.4, 0.5) is 5.82 Å². The van der Waals surface area contributed by atoms with Gasteiger partial charge in [0.1, 0.15) is 10.3 Å². The predicted molar refractivity (Wildman–Crippen MR) is 53.7 cm³/mol. The highest BCUT2D eigenvalue weighted by Gasteiger charge is 2.07. The number of halogens is 1. The van der Waals surface area contributed by atoms with E-state index in [1.807, 2.05) is 6.92 Å². The van der Waals surface area contributed by atoms with Crippen molar-refractivity contribution in [3.63, 3.8) is 0 Å². The van der Waals surface area contributed by atoms with Crippen molar-refractivity contribution in [2.75, 3.05) is 5.73 Å². The van der Waals surface area contributed by atoms with Crippen LogP contribution in [0.2, 0.25) is 0 Å². The highest BCUT2D eigenvalue weighted by Crippen LogP contribution is 2.07. The number of aromatic nitrogens is 2. The summed E-state index contributed by atoms with van der Waals surface area (Å²) in [7, 11) is 0. The van der Waals surface area contributed by atoms with E-state index >= 15 is 0 Å². The number of nitrogen functional groups attached to an aromatic ring is 1. The van der Waals surface area contributed by atoms with Crippen LogP contribution in [-0.4, -0.2) is 9.55 Å². The van der Waals surface area contributed by atoms with Crippen molar-refractivity contribution in [2.24, 2.45) is 0 Å². The first kappa shape index (κ1) is 10.0. The van der Waals surface area contributed by atoms with Crippen LogP contribution in [0.3, 0.4) is 0 Å². The van der Waals surface area contributed by atoms with Gasteiger partial charge in [0, 0.05) is 6.54 Å². The van der Waals surface area contributed by atoms with Gasteiger partial charge in [0.25, 0.3) is 5.56 Å². The van der Waals surface area contributed by atoms with Gasteiger partial charge in [0.05, 0.1) is 0 Å². The third-order valence-electron chi connectivity index (χ3n) is 1.60. The Morgan fingerprint density at radius 3 is 2.69 bits per heavy atom. The van der Waals surface area contributed by atoms with Crippen molar-refractivity contribution < 1.29 is 0 Å². The van der Waals surface area contributed by atoms with E-state index in [1.165, 1.54) is 0 Å². The summed E-state index contributed by atoms with van der Waals surface area (Å²) < 4.78 is 1.32. The molecule has 0 spiro atoms. The highest BCUT2D eigenvalue weighted by atomic mass is 79.9. The Morgan fingerprint density at radius 1 is 1.54 bits per heavy atom. The summed E-state index contributed by atoms with van der Waals surface area (Å²) in [5, 5.41) is 0. The average Bonchev–Trinajstić information content (AvgIpc) is 2.09. The largest absolute Gasteiger partial charge is 0.384 e. The van der Waals surface area contributed by atoms with E-state index in [0.717, 1.165) is 11.0 Å². The molecule has 3 N–H and O–H groups in total. The number of hydrogen-bond donors (Lipinski definition) is 2. The number of nitrogens with two attached hydrogens (primary N) is 1. The van der Waals surface area contributed by atoms with E-state index in [2.05, 4.69) is 20.9 Å². The fourth-order valence-electron chi connectivity index (χ4n) is 0.990. The molecule has 0 atom stereocenters. The second kappa shape index (κ2) is 3.78. The zero-order valence-electron chi connectivity index (χ0n) is 7.13. The number of rotatable bonds is 2. The van der Waals surface area contributed by atoms with Crippen molar-refractivity contribution in [2.45, 2.75) is 19.9 Å². The summed E-state index contributed by atoms with van der Waals surface area (Å²) in [6.45, 7) is 2.28. The first-order valence-electron chi connectivity index (χ1n) is 3.86. The van der Waals surface area contributed by atoms with E-state index in [9.17, 15) is 9.59 Å². The van der Waals surface area contributed by atoms with Gasteiger partial charge in [-0.05, 0) is 22.4 Å². The number of H-pyrrole nitrogens is 1. The minimum Gasteiger partial charge on any atom is -0.384 e. The van der Waals surface area contributed by atoms with Crippen LogP contribution in [0.1, 0.15) is 13.3 Å². The normalized spacial score (nSPS) is 10.3. The first-order valence-corrected chi connectivity index (χ1v) is 4.65. The molecule has 1 aromatic heterocycles. The lowest BCUT2D eigenvalue weighted by molar-refractivity contribution is 0.614. The summed E-state index contributed by atoms with van der Waals surface area (Å²) >= 11 is 3.01. The molecule has 0 bridgehead atoms. The highest BCUT2D eigenvalue weighted by molar-refractivity contribution is 9.10. The van der Waals surface area contributed by atoms with Gasteiger partial charge >= 0.3 is 5.69 Å².